The van der Waals surface area contributed by atoms with Crippen LogP contribution < -0.4 is 4.90 Å². The molecule has 172 valence electrons. The van der Waals surface area contributed by atoms with Crippen LogP contribution in [0.15, 0.2) is 36.0 Å². The van der Waals surface area contributed by atoms with Gasteiger partial charge in [0, 0.05) is 32.2 Å². The summed E-state index contributed by atoms with van der Waals surface area (Å²) in [6.45, 7) is 13.0. The molecule has 1 N–H and O–H groups in total. The van der Waals surface area contributed by atoms with Crippen LogP contribution >= 0.6 is 22.7 Å². The molecule has 0 saturated carbocycles. The fourth-order valence-corrected chi connectivity index (χ4v) is 5.67. The number of carboxylic acids is 1. The van der Waals surface area contributed by atoms with E-state index in [1.807, 2.05) is 36.4 Å². The van der Waals surface area contributed by atoms with E-state index in [1.165, 1.54) is 17.4 Å². The second kappa shape index (κ2) is 11.8. The maximum atomic E-state index is 14.9. The van der Waals surface area contributed by atoms with E-state index in [1.54, 1.807) is 17.4 Å². The third-order valence-electron chi connectivity index (χ3n) is 5.18. The van der Waals surface area contributed by atoms with Crippen molar-refractivity contribution in [2.24, 2.45) is 0 Å². The largest absolute Gasteiger partial charge is 0.486 e. The number of fused-ring (bicyclic) bond motifs is 1. The number of aliphatic carboxylic acids is 1. The van der Waals surface area contributed by atoms with E-state index in [-0.39, 0.29) is 11.5 Å². The van der Waals surface area contributed by atoms with Crippen molar-refractivity contribution < 1.29 is 14.3 Å². The van der Waals surface area contributed by atoms with Gasteiger partial charge in [-0.3, -0.25) is 4.79 Å². The van der Waals surface area contributed by atoms with Crippen LogP contribution in [0.1, 0.15) is 54.8 Å². The zero-order valence-corrected chi connectivity index (χ0v) is 20.4. The molecule has 3 rings (SSSR count). The highest BCUT2D eigenvalue weighted by Gasteiger charge is 2.12. The molecule has 2 heterocycles. The number of halogens is 1. The van der Waals surface area contributed by atoms with Crippen molar-refractivity contribution in [2.45, 2.75) is 39.5 Å². The average Bonchev–Trinajstić information content (AvgIpc) is 3.34. The van der Waals surface area contributed by atoms with Gasteiger partial charge in [0.15, 0.2) is 0 Å². The highest BCUT2D eigenvalue weighted by atomic mass is 32.1. The van der Waals surface area contributed by atoms with Crippen LogP contribution in [0, 0.1) is 12.4 Å². The molecule has 0 amide bonds. The summed E-state index contributed by atoms with van der Waals surface area (Å²) >= 11 is 3.03. The number of nitrogens with zero attached hydrogens (tertiary/aromatic N) is 2. The van der Waals surface area contributed by atoms with Crippen molar-refractivity contribution in [1.82, 2.24) is 0 Å². The summed E-state index contributed by atoms with van der Waals surface area (Å²) in [7, 11) is 0. The lowest BCUT2D eigenvalue weighted by atomic mass is 10.1. The van der Waals surface area contributed by atoms with Gasteiger partial charge in [0.2, 0.25) is 0 Å². The van der Waals surface area contributed by atoms with Gasteiger partial charge in [-0.2, -0.15) is 0 Å². The Morgan fingerprint density at radius 2 is 1.70 bits per heavy atom. The normalized spacial score (nSPS) is 11.9. The Hall–Kier alpha value is -2.95. The number of hydrogen-bond donors (Lipinski definition) is 1. The Morgan fingerprint density at radius 3 is 2.27 bits per heavy atom. The van der Waals surface area contributed by atoms with Gasteiger partial charge in [0.25, 0.3) is 5.70 Å². The summed E-state index contributed by atoms with van der Waals surface area (Å²) in [4.78, 5) is 18.0. The SMILES string of the molecule is [C-]#[N+]C(=Cc1cc2sc(C=Cc3ccc(N(CCCC)CCCC)c(F)c3)cc2s1)C(=O)O. The summed E-state index contributed by atoms with van der Waals surface area (Å²) in [5.74, 6) is -1.41. The number of thiophene rings is 2. The number of carbonyl (C=O) groups is 1. The summed E-state index contributed by atoms with van der Waals surface area (Å²) < 4.78 is 17.0. The number of unbranched alkanes of at least 4 members (excludes halogenated alkanes) is 2. The molecule has 7 heteroatoms. The second-order valence-electron chi connectivity index (χ2n) is 7.71. The van der Waals surface area contributed by atoms with Crippen molar-refractivity contribution in [3.05, 3.63) is 68.6 Å². The van der Waals surface area contributed by atoms with E-state index in [0.717, 1.165) is 63.5 Å². The molecule has 3 aromatic rings. The fourth-order valence-electron chi connectivity index (χ4n) is 3.42. The first-order chi connectivity index (χ1) is 15.9. The Balaban J connectivity index is 1.75. The number of hydrogen-bond acceptors (Lipinski definition) is 4. The van der Waals surface area contributed by atoms with Gasteiger partial charge in [-0.15, -0.1) is 22.7 Å². The van der Waals surface area contributed by atoms with Crippen LogP contribution in [0.5, 0.6) is 0 Å². The number of carboxylic acid groups (broad SMARTS) is 1. The molecule has 0 aliphatic heterocycles. The number of rotatable bonds is 11. The Morgan fingerprint density at radius 1 is 1.06 bits per heavy atom. The summed E-state index contributed by atoms with van der Waals surface area (Å²) in [6, 6.07) is 9.34. The lowest BCUT2D eigenvalue weighted by Crippen LogP contribution is -2.26. The quantitative estimate of drug-likeness (QED) is 0.222. The monoisotopic (exact) mass is 482 g/mol. The Labute approximate surface area is 202 Å². The van der Waals surface area contributed by atoms with Crippen LogP contribution in [0.4, 0.5) is 10.1 Å². The van der Waals surface area contributed by atoms with Crippen LogP contribution in [0.2, 0.25) is 0 Å². The van der Waals surface area contributed by atoms with E-state index in [0.29, 0.717) is 5.69 Å². The van der Waals surface area contributed by atoms with E-state index in [2.05, 4.69) is 23.6 Å². The predicted molar refractivity (Wildman–Crippen MR) is 139 cm³/mol. The lowest BCUT2D eigenvalue weighted by Gasteiger charge is -2.25. The third kappa shape index (κ3) is 6.53. The van der Waals surface area contributed by atoms with Crippen LogP contribution in [-0.4, -0.2) is 24.2 Å². The molecule has 2 aromatic heterocycles. The van der Waals surface area contributed by atoms with Gasteiger partial charge in [0.05, 0.1) is 12.3 Å². The third-order valence-corrected chi connectivity index (χ3v) is 7.38. The van der Waals surface area contributed by atoms with Crippen molar-refractivity contribution in [3.8, 4) is 0 Å². The highest BCUT2D eigenvalue weighted by Crippen LogP contribution is 2.35. The van der Waals surface area contributed by atoms with Crippen molar-refractivity contribution >= 4 is 62.0 Å². The topological polar surface area (TPSA) is 44.9 Å². The lowest BCUT2D eigenvalue weighted by molar-refractivity contribution is -0.132. The minimum atomic E-state index is -1.22. The smallest absolute Gasteiger partial charge is 0.333 e. The molecule has 0 saturated heterocycles. The maximum absolute atomic E-state index is 14.9. The number of anilines is 1. The maximum Gasteiger partial charge on any atom is 0.333 e. The molecule has 0 aliphatic rings. The summed E-state index contributed by atoms with van der Waals surface area (Å²) in [5, 5.41) is 9.01. The van der Waals surface area contributed by atoms with Crippen LogP contribution in [-0.2, 0) is 4.79 Å². The summed E-state index contributed by atoms with van der Waals surface area (Å²) in [6.07, 6.45) is 9.54. The zero-order valence-electron chi connectivity index (χ0n) is 18.8. The van der Waals surface area contributed by atoms with Gasteiger partial charge < -0.3 is 10.0 Å². The van der Waals surface area contributed by atoms with Crippen molar-refractivity contribution in [1.29, 1.82) is 0 Å². The molecule has 0 radical (unpaired) electrons. The van der Waals surface area contributed by atoms with Gasteiger partial charge >= 0.3 is 5.97 Å². The minimum absolute atomic E-state index is 0.193. The zero-order chi connectivity index (χ0) is 23.8. The van der Waals surface area contributed by atoms with Gasteiger partial charge in [-0.1, -0.05) is 38.8 Å². The van der Waals surface area contributed by atoms with E-state index in [4.69, 9.17) is 11.7 Å². The van der Waals surface area contributed by atoms with Crippen LogP contribution in [0.3, 0.4) is 0 Å². The molecule has 0 unspecified atom stereocenters. The predicted octanol–water partition coefficient (Wildman–Crippen LogP) is 8.02. The second-order valence-corrected chi connectivity index (χ2v) is 9.94. The molecule has 0 fully saturated rings. The molecule has 0 aliphatic carbocycles. The molecular formula is C26H27FN2O2S2. The van der Waals surface area contributed by atoms with Gasteiger partial charge in [0.1, 0.15) is 5.82 Å². The van der Waals surface area contributed by atoms with Gasteiger partial charge in [-0.05, 0) is 54.8 Å². The fraction of sp³-hybridized carbons (Fsp3) is 0.308. The van der Waals surface area contributed by atoms with E-state index < -0.39 is 5.97 Å². The molecule has 0 atom stereocenters. The first kappa shape index (κ1) is 24.7. The molecule has 0 bridgehead atoms. The van der Waals surface area contributed by atoms with Crippen molar-refractivity contribution in [3.63, 3.8) is 0 Å². The first-order valence-corrected chi connectivity index (χ1v) is 12.7. The molecule has 4 nitrogen and oxygen atoms in total. The molecular weight excluding hydrogens is 455 g/mol. The van der Waals surface area contributed by atoms with Gasteiger partial charge in [-0.25, -0.2) is 9.24 Å². The standard InChI is InChI=1S/C26H27FN2O2S2/c1-4-6-12-29(13-7-5-2)23-11-9-18(14-21(23)27)8-10-19-16-24-25(32-19)17-20(33-24)15-22(28-3)26(30)31/h8-11,14-17H,4-7,12-13H2,1-2H3,(H,30,31). The number of benzene rings is 1. The highest BCUT2D eigenvalue weighted by molar-refractivity contribution is 7.28. The Kier molecular flexibility index (Phi) is 8.81. The van der Waals surface area contributed by atoms with Crippen LogP contribution in [0.25, 0.3) is 32.5 Å². The minimum Gasteiger partial charge on any atom is -0.486 e. The first-order valence-electron chi connectivity index (χ1n) is 11.0. The van der Waals surface area contributed by atoms with E-state index >= 15 is 0 Å². The summed E-state index contributed by atoms with van der Waals surface area (Å²) in [5.41, 5.74) is 1.19. The molecule has 1 aromatic carbocycles. The van der Waals surface area contributed by atoms with E-state index in [9.17, 15) is 9.18 Å². The van der Waals surface area contributed by atoms with Crippen molar-refractivity contribution in [2.75, 3.05) is 18.0 Å². The molecule has 33 heavy (non-hydrogen) atoms. The average molecular weight is 483 g/mol. The molecule has 0 spiro atoms. The Bertz CT molecular complexity index is 1180.